The van der Waals surface area contributed by atoms with Crippen LogP contribution in [0.1, 0.15) is 36.3 Å². The molecule has 1 N–H and O–H groups in total. The minimum Gasteiger partial charge on any atom is -0.477 e. The molecule has 0 saturated heterocycles. The van der Waals surface area contributed by atoms with Gasteiger partial charge in [0.15, 0.2) is 0 Å². The van der Waals surface area contributed by atoms with Gasteiger partial charge < -0.3 is 9.84 Å². The van der Waals surface area contributed by atoms with Gasteiger partial charge in [0.2, 0.25) is 5.88 Å². The number of ether oxygens (including phenoxy) is 1. The summed E-state index contributed by atoms with van der Waals surface area (Å²) in [5, 5.41) is 13.9. The molecule has 110 valence electrons. The van der Waals surface area contributed by atoms with E-state index in [1.54, 1.807) is 10.9 Å². The van der Waals surface area contributed by atoms with Crippen molar-refractivity contribution in [1.29, 1.82) is 0 Å². The first-order chi connectivity index (χ1) is 10.1. The van der Waals surface area contributed by atoms with Gasteiger partial charge in [0.25, 0.3) is 0 Å². The fraction of sp³-hybridized carbons (Fsp3) is 0.400. The highest BCUT2D eigenvalue weighted by Crippen LogP contribution is 2.33. The Labute approximate surface area is 122 Å². The van der Waals surface area contributed by atoms with E-state index >= 15 is 0 Å². The predicted octanol–water partition coefficient (Wildman–Crippen LogP) is 2.38. The fourth-order valence-electron chi connectivity index (χ4n) is 2.44. The zero-order chi connectivity index (χ0) is 15.0. The molecule has 0 fully saturated rings. The van der Waals surface area contributed by atoms with Gasteiger partial charge in [-0.15, -0.1) is 0 Å². The Morgan fingerprint density at radius 2 is 2.33 bits per heavy atom. The molecule has 0 unspecified atom stereocenters. The molecule has 6 nitrogen and oxygen atoms in total. The topological polar surface area (TPSA) is 77.2 Å². The number of carbonyl (C=O) groups is 1. The third-order valence-electron chi connectivity index (χ3n) is 3.64. The summed E-state index contributed by atoms with van der Waals surface area (Å²) in [6.07, 6.45) is 3.33. The van der Waals surface area contributed by atoms with Gasteiger partial charge in [-0.05, 0) is 25.5 Å². The van der Waals surface area contributed by atoms with E-state index in [0.717, 1.165) is 18.5 Å². The van der Waals surface area contributed by atoms with Crippen molar-refractivity contribution in [3.8, 4) is 17.1 Å². The molecule has 21 heavy (non-hydrogen) atoms. The van der Waals surface area contributed by atoms with Crippen molar-refractivity contribution in [2.24, 2.45) is 0 Å². The molecule has 0 bridgehead atoms. The summed E-state index contributed by atoms with van der Waals surface area (Å²) in [4.78, 5) is 15.9. The highest BCUT2D eigenvalue weighted by Gasteiger charge is 2.29. The Morgan fingerprint density at radius 3 is 2.95 bits per heavy atom. The first-order valence-electron chi connectivity index (χ1n) is 7.06. The van der Waals surface area contributed by atoms with Gasteiger partial charge in [0.1, 0.15) is 11.3 Å². The Morgan fingerprint density at radius 1 is 1.52 bits per heavy atom. The van der Waals surface area contributed by atoms with Crippen LogP contribution in [0, 0.1) is 0 Å². The number of hydrogen-bond acceptors (Lipinski definition) is 4. The van der Waals surface area contributed by atoms with Crippen LogP contribution in [0.3, 0.4) is 0 Å². The molecule has 0 amide bonds. The lowest BCUT2D eigenvalue weighted by molar-refractivity contribution is 0.0684. The number of nitrogens with zero attached hydrogens (tertiary/aromatic N) is 3. The molecule has 0 radical (unpaired) electrons. The van der Waals surface area contributed by atoms with Crippen LogP contribution in [-0.4, -0.2) is 31.9 Å². The van der Waals surface area contributed by atoms with Crippen LogP contribution in [0.15, 0.2) is 18.3 Å². The van der Waals surface area contributed by atoms with Gasteiger partial charge in [0, 0.05) is 30.4 Å². The molecule has 1 atom stereocenters. The van der Waals surface area contributed by atoms with E-state index < -0.39 is 5.97 Å². The van der Waals surface area contributed by atoms with Crippen LogP contribution < -0.4 is 4.74 Å². The Hall–Kier alpha value is -2.37. The van der Waals surface area contributed by atoms with Crippen molar-refractivity contribution < 1.29 is 14.6 Å². The molecule has 1 aliphatic rings. The van der Waals surface area contributed by atoms with E-state index in [1.165, 1.54) is 0 Å². The summed E-state index contributed by atoms with van der Waals surface area (Å²) in [5.41, 5.74) is 2.20. The standard InChI is InChI=1S/C15H17N3O3/c1-3-11-5-4-10(8-16-11)13-12(15(19)20)14-18(17-13)7-6-9(2)21-14/h4-5,8-9H,3,6-7H2,1-2H3,(H,19,20)/t9-/m1/s1. The first-order valence-corrected chi connectivity index (χ1v) is 7.06. The minimum atomic E-state index is -1.03. The summed E-state index contributed by atoms with van der Waals surface area (Å²) in [6.45, 7) is 4.62. The van der Waals surface area contributed by atoms with E-state index in [-0.39, 0.29) is 11.7 Å². The Bertz CT molecular complexity index is 676. The van der Waals surface area contributed by atoms with E-state index in [0.29, 0.717) is 23.7 Å². The summed E-state index contributed by atoms with van der Waals surface area (Å²) >= 11 is 0. The molecule has 1 aliphatic heterocycles. The number of rotatable bonds is 3. The SMILES string of the molecule is CCc1ccc(-c2nn3c(c2C(=O)O)O[C@H](C)CC3)cn1. The van der Waals surface area contributed by atoms with Crippen LogP contribution in [0.25, 0.3) is 11.3 Å². The molecular weight excluding hydrogens is 270 g/mol. The van der Waals surface area contributed by atoms with Gasteiger partial charge in [-0.25, -0.2) is 9.48 Å². The Kier molecular flexibility index (Phi) is 3.37. The minimum absolute atomic E-state index is 0.000687. The second-order valence-electron chi connectivity index (χ2n) is 5.17. The highest BCUT2D eigenvalue weighted by molar-refractivity contribution is 5.97. The summed E-state index contributed by atoms with van der Waals surface area (Å²) < 4.78 is 7.30. The quantitative estimate of drug-likeness (QED) is 0.937. The van der Waals surface area contributed by atoms with E-state index in [9.17, 15) is 9.90 Å². The third-order valence-corrected chi connectivity index (χ3v) is 3.64. The van der Waals surface area contributed by atoms with Crippen molar-refractivity contribution in [3.63, 3.8) is 0 Å². The van der Waals surface area contributed by atoms with Crippen LogP contribution >= 0.6 is 0 Å². The normalized spacial score (nSPS) is 17.1. The predicted molar refractivity (Wildman–Crippen MR) is 76.5 cm³/mol. The van der Waals surface area contributed by atoms with Crippen LogP contribution in [0.5, 0.6) is 5.88 Å². The monoisotopic (exact) mass is 287 g/mol. The van der Waals surface area contributed by atoms with Gasteiger partial charge in [-0.1, -0.05) is 6.92 Å². The summed E-state index contributed by atoms with van der Waals surface area (Å²) in [5.74, 6) is -0.685. The number of aromatic nitrogens is 3. The molecular formula is C15H17N3O3. The van der Waals surface area contributed by atoms with Gasteiger partial charge in [0.05, 0.1) is 6.10 Å². The smallest absolute Gasteiger partial charge is 0.343 e. The van der Waals surface area contributed by atoms with E-state index in [4.69, 9.17) is 4.74 Å². The zero-order valence-electron chi connectivity index (χ0n) is 12.0. The Balaban J connectivity index is 2.11. The van der Waals surface area contributed by atoms with Crippen molar-refractivity contribution in [2.75, 3.05) is 0 Å². The van der Waals surface area contributed by atoms with Crippen molar-refractivity contribution in [3.05, 3.63) is 29.6 Å². The molecule has 3 heterocycles. The highest BCUT2D eigenvalue weighted by atomic mass is 16.5. The van der Waals surface area contributed by atoms with Crippen LogP contribution in [0.4, 0.5) is 0 Å². The number of fused-ring (bicyclic) bond motifs is 1. The molecule has 0 spiro atoms. The lowest BCUT2D eigenvalue weighted by Crippen LogP contribution is -2.24. The maximum Gasteiger partial charge on any atom is 0.343 e. The van der Waals surface area contributed by atoms with E-state index in [2.05, 4.69) is 10.1 Å². The van der Waals surface area contributed by atoms with Crippen LogP contribution in [-0.2, 0) is 13.0 Å². The number of carboxylic acids is 1. The van der Waals surface area contributed by atoms with Crippen molar-refractivity contribution >= 4 is 5.97 Å². The molecule has 0 saturated carbocycles. The summed E-state index contributed by atoms with van der Waals surface area (Å²) in [7, 11) is 0. The lowest BCUT2D eigenvalue weighted by atomic mass is 10.1. The van der Waals surface area contributed by atoms with Crippen molar-refractivity contribution in [2.45, 2.75) is 39.3 Å². The largest absolute Gasteiger partial charge is 0.477 e. The lowest BCUT2D eigenvalue weighted by Gasteiger charge is -2.21. The van der Waals surface area contributed by atoms with Gasteiger partial charge >= 0.3 is 5.97 Å². The number of pyridine rings is 1. The zero-order valence-corrected chi connectivity index (χ0v) is 12.0. The maximum atomic E-state index is 11.6. The molecule has 2 aromatic heterocycles. The van der Waals surface area contributed by atoms with Gasteiger partial charge in [-0.3, -0.25) is 4.98 Å². The number of hydrogen-bond donors (Lipinski definition) is 1. The van der Waals surface area contributed by atoms with Crippen molar-refractivity contribution in [1.82, 2.24) is 14.8 Å². The molecule has 0 aliphatic carbocycles. The molecule has 0 aromatic carbocycles. The van der Waals surface area contributed by atoms with E-state index in [1.807, 2.05) is 26.0 Å². The second kappa shape index (κ2) is 5.20. The molecule has 6 heteroatoms. The number of aromatic carboxylic acids is 1. The van der Waals surface area contributed by atoms with Gasteiger partial charge in [-0.2, -0.15) is 5.10 Å². The molecule has 3 rings (SSSR count). The molecule has 2 aromatic rings. The third kappa shape index (κ3) is 2.37. The van der Waals surface area contributed by atoms with Crippen LogP contribution in [0.2, 0.25) is 0 Å². The first kappa shape index (κ1) is 13.6. The second-order valence-corrected chi connectivity index (χ2v) is 5.17. The summed E-state index contributed by atoms with van der Waals surface area (Å²) in [6, 6.07) is 3.75. The number of aryl methyl sites for hydroxylation is 2. The average molecular weight is 287 g/mol. The number of carboxylic acid groups (broad SMARTS) is 1. The average Bonchev–Trinajstić information content (AvgIpc) is 2.86. The fourth-order valence-corrected chi connectivity index (χ4v) is 2.44. The maximum absolute atomic E-state index is 11.6.